The van der Waals surface area contributed by atoms with Gasteiger partial charge in [-0.2, -0.15) is 18.2 Å². The minimum absolute atomic E-state index is 0. The van der Waals surface area contributed by atoms with E-state index in [0.29, 0.717) is 17.4 Å². The predicted octanol–water partition coefficient (Wildman–Crippen LogP) is 2.53. The van der Waals surface area contributed by atoms with Crippen LogP contribution in [0.2, 0.25) is 0 Å². The Labute approximate surface area is 98.9 Å². The molecule has 0 heterocycles. The van der Waals surface area contributed by atoms with Crippen molar-refractivity contribution in [3.05, 3.63) is 66.0 Å². The number of aliphatic hydroxyl groups is 1. The largest absolute Gasteiger partial charge is 0.515 e. The van der Waals surface area contributed by atoms with E-state index in [1.54, 1.807) is 18.2 Å². The molecule has 1 aliphatic rings. The van der Waals surface area contributed by atoms with Crippen LogP contribution in [0, 0.1) is 0 Å². The van der Waals surface area contributed by atoms with Gasteiger partial charge in [0.25, 0.3) is 0 Å². The number of allylic oxidation sites excluding steroid dienone is 5. The first kappa shape index (κ1) is 13.5. The van der Waals surface area contributed by atoms with Gasteiger partial charge in [0.05, 0.1) is 6.26 Å². The second kappa shape index (κ2) is 7.89. The number of aliphatic hydroxyl groups excluding tert-OH is 1. The van der Waals surface area contributed by atoms with Crippen LogP contribution in [0.15, 0.2) is 66.0 Å². The Morgan fingerprint density at radius 2 is 1.93 bits per heavy atom. The Morgan fingerprint density at radius 1 is 1.27 bits per heavy atom. The first-order valence-corrected chi connectivity index (χ1v) is 4.23. The molecule has 15 heavy (non-hydrogen) atoms. The summed E-state index contributed by atoms with van der Waals surface area (Å²) in [7, 11) is 0. The van der Waals surface area contributed by atoms with Crippen LogP contribution in [0.5, 0.6) is 0 Å². The van der Waals surface area contributed by atoms with Crippen molar-refractivity contribution in [3.63, 3.8) is 0 Å². The third-order valence-electron chi connectivity index (χ3n) is 1.71. The summed E-state index contributed by atoms with van der Waals surface area (Å²) in [5.41, 5.74) is 1.10. The van der Waals surface area contributed by atoms with Crippen molar-refractivity contribution in [3.8, 4) is 0 Å². The van der Waals surface area contributed by atoms with Crippen molar-refractivity contribution in [1.29, 1.82) is 0 Å². The molecule has 0 amide bonds. The summed E-state index contributed by atoms with van der Waals surface area (Å²) in [6, 6.07) is 10.0. The van der Waals surface area contributed by atoms with Crippen LogP contribution < -0.4 is 0 Å². The molecule has 3 heteroatoms. The molecule has 0 aromatic heterocycles. The van der Waals surface area contributed by atoms with Gasteiger partial charge >= 0.3 is 0 Å². The van der Waals surface area contributed by atoms with Crippen molar-refractivity contribution in [2.75, 3.05) is 0 Å². The van der Waals surface area contributed by atoms with Crippen LogP contribution in [0.25, 0.3) is 0 Å². The van der Waals surface area contributed by atoms with Gasteiger partial charge in [0.15, 0.2) is 6.29 Å². The van der Waals surface area contributed by atoms with Crippen LogP contribution in [-0.4, -0.2) is 11.4 Å². The summed E-state index contributed by atoms with van der Waals surface area (Å²) in [6.07, 6.45) is 6.66. The second-order valence-corrected chi connectivity index (χ2v) is 2.65. The van der Waals surface area contributed by atoms with Crippen molar-refractivity contribution in [2.24, 2.45) is 0 Å². The third-order valence-corrected chi connectivity index (χ3v) is 1.71. The zero-order chi connectivity index (χ0) is 10.2. The number of rotatable bonds is 1. The fraction of sp³-hybridized carbons (Fsp3) is 0. The van der Waals surface area contributed by atoms with Gasteiger partial charge in [-0.25, -0.2) is 12.1 Å². The molecule has 0 atom stereocenters. The fourth-order valence-corrected chi connectivity index (χ4v) is 0.994. The summed E-state index contributed by atoms with van der Waals surface area (Å²) >= 11 is 0. The van der Waals surface area contributed by atoms with E-state index in [-0.39, 0.29) is 16.5 Å². The van der Waals surface area contributed by atoms with E-state index in [9.17, 15) is 4.79 Å². The zero-order valence-electron chi connectivity index (χ0n) is 7.95. The molecule has 1 N–H and O–H groups in total. The molecule has 2 nitrogen and oxygen atoms in total. The minimum Gasteiger partial charge on any atom is -0.515 e. The maximum atomic E-state index is 10.1. The molecule has 0 radical (unpaired) electrons. The first-order chi connectivity index (χ1) is 6.88. The zero-order valence-corrected chi connectivity index (χ0v) is 8.93. The Bertz CT molecular complexity index is 342. The second-order valence-electron chi connectivity index (χ2n) is 2.65. The average molecular weight is 246 g/mol. The third kappa shape index (κ3) is 4.52. The average Bonchev–Trinajstić information content (AvgIpc) is 2.91. The Balaban J connectivity index is 0.000000280. The first-order valence-electron chi connectivity index (χ1n) is 4.23. The van der Waals surface area contributed by atoms with Crippen LogP contribution in [-0.2, 0) is 21.3 Å². The molecule has 1 aromatic carbocycles. The SMILES string of the molecule is O=CC1=CC=C/C1=C\O.[Ni].c1cc[cH-]c1. The topological polar surface area (TPSA) is 37.3 Å². The van der Waals surface area contributed by atoms with E-state index in [1.165, 1.54) is 0 Å². The van der Waals surface area contributed by atoms with Crippen molar-refractivity contribution in [2.45, 2.75) is 0 Å². The fourth-order valence-electron chi connectivity index (χ4n) is 0.994. The number of aldehydes is 1. The van der Waals surface area contributed by atoms with Gasteiger partial charge in [-0.15, -0.1) is 0 Å². The van der Waals surface area contributed by atoms with E-state index >= 15 is 0 Å². The molecule has 1 aromatic rings. The molecule has 0 saturated heterocycles. The molecule has 0 aliphatic heterocycles. The molecule has 82 valence electrons. The van der Waals surface area contributed by atoms with Crippen LogP contribution in [0.3, 0.4) is 0 Å². The van der Waals surface area contributed by atoms with E-state index in [2.05, 4.69) is 0 Å². The van der Waals surface area contributed by atoms with E-state index in [0.717, 1.165) is 6.26 Å². The van der Waals surface area contributed by atoms with Crippen LogP contribution in [0.4, 0.5) is 0 Å². The molecular formula is C12H11NiO2-. The summed E-state index contributed by atoms with van der Waals surface area (Å²) in [4.78, 5) is 10.1. The van der Waals surface area contributed by atoms with Crippen LogP contribution in [0.1, 0.15) is 0 Å². The molecule has 0 fully saturated rings. The van der Waals surface area contributed by atoms with Crippen molar-refractivity contribution >= 4 is 6.29 Å². The molecule has 1 aliphatic carbocycles. The minimum atomic E-state index is 0. The molecular weight excluding hydrogens is 235 g/mol. The maximum absolute atomic E-state index is 10.1. The molecule has 2 rings (SSSR count). The van der Waals surface area contributed by atoms with Gasteiger partial charge < -0.3 is 5.11 Å². The monoisotopic (exact) mass is 245 g/mol. The standard InChI is InChI=1S/C7H6O2.C5H5.Ni/c8-4-6-2-1-3-7(6)5-9;1-2-4-5-3-1;/h1-5,8H;1-5H;/q;-1;/b6-4+;;. The summed E-state index contributed by atoms with van der Waals surface area (Å²) < 4.78 is 0. The maximum Gasteiger partial charge on any atom is 0.150 e. The molecule has 0 saturated carbocycles. The van der Waals surface area contributed by atoms with Crippen molar-refractivity contribution < 1.29 is 26.4 Å². The van der Waals surface area contributed by atoms with Gasteiger partial charge in [0, 0.05) is 27.6 Å². The van der Waals surface area contributed by atoms with E-state index in [1.807, 2.05) is 30.3 Å². The Hall–Kier alpha value is -1.47. The number of carbonyl (C=O) groups excluding carboxylic acids is 1. The molecule has 0 bridgehead atoms. The molecule has 0 spiro atoms. The quantitative estimate of drug-likeness (QED) is 0.357. The number of carbonyl (C=O) groups is 1. The Morgan fingerprint density at radius 3 is 2.27 bits per heavy atom. The predicted molar refractivity (Wildman–Crippen MR) is 56.0 cm³/mol. The van der Waals surface area contributed by atoms with Gasteiger partial charge in [-0.3, -0.25) is 4.79 Å². The van der Waals surface area contributed by atoms with Crippen molar-refractivity contribution in [1.82, 2.24) is 0 Å². The Kier molecular flexibility index (Phi) is 7.12. The van der Waals surface area contributed by atoms with E-state index in [4.69, 9.17) is 5.11 Å². The van der Waals surface area contributed by atoms with Gasteiger partial charge in [0.1, 0.15) is 0 Å². The summed E-state index contributed by atoms with van der Waals surface area (Å²) in [5, 5.41) is 8.45. The summed E-state index contributed by atoms with van der Waals surface area (Å²) in [6.45, 7) is 0. The van der Waals surface area contributed by atoms with Gasteiger partial charge in [-0.05, 0) is 0 Å². The number of hydrogen-bond donors (Lipinski definition) is 1. The van der Waals surface area contributed by atoms with Crippen LogP contribution >= 0.6 is 0 Å². The number of hydrogen-bond acceptors (Lipinski definition) is 2. The molecule has 0 unspecified atom stereocenters. The van der Waals surface area contributed by atoms with Gasteiger partial charge in [-0.1, -0.05) is 18.2 Å². The normalized spacial score (nSPS) is 14.9. The smallest absolute Gasteiger partial charge is 0.150 e. The van der Waals surface area contributed by atoms with Gasteiger partial charge in [0.2, 0.25) is 0 Å². The van der Waals surface area contributed by atoms with E-state index < -0.39 is 0 Å². The summed E-state index contributed by atoms with van der Waals surface area (Å²) in [5.74, 6) is 0.